The number of fused-ring (bicyclic) bond motifs is 1. The fourth-order valence-electron chi connectivity index (χ4n) is 1.47. The van der Waals surface area contributed by atoms with Crippen LogP contribution in [-0.2, 0) is 0 Å². The number of hydrogen-bond donors (Lipinski definition) is 1. The highest BCUT2D eigenvalue weighted by molar-refractivity contribution is 5.79. The molecule has 0 bridgehead atoms. The van der Waals surface area contributed by atoms with Gasteiger partial charge in [-0.15, -0.1) is 6.58 Å². The summed E-state index contributed by atoms with van der Waals surface area (Å²) in [5.74, 6) is 0.630. The van der Waals surface area contributed by atoms with Crippen molar-refractivity contribution >= 4 is 17.7 Å². The van der Waals surface area contributed by atoms with E-state index in [4.69, 9.17) is 0 Å². The number of anilines is 1. The van der Waals surface area contributed by atoms with Gasteiger partial charge in [0.05, 0.1) is 12.2 Å². The lowest BCUT2D eigenvalue weighted by Gasteiger charge is -2.25. The molecule has 0 fully saturated rings. The number of aromatic amines is 1. The van der Waals surface area contributed by atoms with Crippen molar-refractivity contribution in [1.29, 1.82) is 0 Å². The summed E-state index contributed by atoms with van der Waals surface area (Å²) in [5, 5.41) is 0. The number of nitrogens with one attached hydrogen (secondary N) is 1. The molecule has 0 saturated heterocycles. The normalized spacial score (nSPS) is 13.9. The van der Waals surface area contributed by atoms with Crippen LogP contribution in [0.5, 0.6) is 0 Å². The standard InChI is InChI=1S/C10H11N3O/c1-2-6-13-7-5-11-10-8(13)3-4-9(14)12-10/h2-5H,1,6-7H2,(H,12,14). The Morgan fingerprint density at radius 1 is 1.64 bits per heavy atom. The molecule has 1 aliphatic heterocycles. The lowest BCUT2D eigenvalue weighted by molar-refractivity contribution is 0.957. The number of nitrogens with zero attached hydrogens (tertiary/aromatic N) is 2. The molecule has 1 N–H and O–H groups in total. The molecule has 1 aromatic heterocycles. The van der Waals surface area contributed by atoms with Gasteiger partial charge in [-0.1, -0.05) is 6.08 Å². The Balaban J connectivity index is 2.45. The zero-order chi connectivity index (χ0) is 9.97. The summed E-state index contributed by atoms with van der Waals surface area (Å²) < 4.78 is 0. The molecule has 0 spiro atoms. The fraction of sp³-hybridized carbons (Fsp3) is 0.200. The van der Waals surface area contributed by atoms with Gasteiger partial charge in [-0.3, -0.25) is 4.79 Å². The van der Waals surface area contributed by atoms with E-state index in [2.05, 4.69) is 21.5 Å². The molecular weight excluding hydrogens is 178 g/mol. The molecule has 4 nitrogen and oxygen atoms in total. The molecule has 0 saturated carbocycles. The third-order valence-electron chi connectivity index (χ3n) is 2.09. The van der Waals surface area contributed by atoms with Crippen LogP contribution in [0.4, 0.5) is 11.5 Å². The quantitative estimate of drug-likeness (QED) is 0.708. The highest BCUT2D eigenvalue weighted by atomic mass is 16.1. The molecule has 0 unspecified atom stereocenters. The smallest absolute Gasteiger partial charge is 0.249 e. The second-order valence-corrected chi connectivity index (χ2v) is 3.06. The van der Waals surface area contributed by atoms with Crippen molar-refractivity contribution in [3.8, 4) is 0 Å². The van der Waals surface area contributed by atoms with Crippen LogP contribution in [0.1, 0.15) is 0 Å². The summed E-state index contributed by atoms with van der Waals surface area (Å²) in [6, 6.07) is 3.30. The van der Waals surface area contributed by atoms with Gasteiger partial charge in [0.15, 0.2) is 5.82 Å². The number of rotatable bonds is 2. The Hall–Kier alpha value is -1.84. The highest BCUT2D eigenvalue weighted by Crippen LogP contribution is 2.26. The van der Waals surface area contributed by atoms with Gasteiger partial charge < -0.3 is 9.88 Å². The van der Waals surface area contributed by atoms with E-state index in [1.165, 1.54) is 6.07 Å². The van der Waals surface area contributed by atoms with Crippen molar-refractivity contribution in [2.45, 2.75) is 0 Å². The van der Waals surface area contributed by atoms with Gasteiger partial charge in [0, 0.05) is 18.8 Å². The molecule has 2 rings (SSSR count). The minimum Gasteiger partial charge on any atom is -0.360 e. The molecule has 0 radical (unpaired) electrons. The minimum absolute atomic E-state index is 0.124. The molecule has 72 valence electrons. The zero-order valence-corrected chi connectivity index (χ0v) is 7.73. The van der Waals surface area contributed by atoms with E-state index < -0.39 is 0 Å². The van der Waals surface area contributed by atoms with Crippen molar-refractivity contribution in [2.75, 3.05) is 18.0 Å². The monoisotopic (exact) mass is 189 g/mol. The number of H-pyrrole nitrogens is 1. The maximum Gasteiger partial charge on any atom is 0.249 e. The van der Waals surface area contributed by atoms with E-state index in [-0.39, 0.29) is 5.56 Å². The average Bonchev–Trinajstić information content (AvgIpc) is 2.18. The van der Waals surface area contributed by atoms with E-state index >= 15 is 0 Å². The summed E-state index contributed by atoms with van der Waals surface area (Å²) in [6.45, 7) is 5.20. The molecule has 4 heteroatoms. The minimum atomic E-state index is -0.124. The van der Waals surface area contributed by atoms with Crippen LogP contribution < -0.4 is 10.5 Å². The van der Waals surface area contributed by atoms with Crippen LogP contribution in [0.25, 0.3) is 0 Å². The summed E-state index contributed by atoms with van der Waals surface area (Å²) >= 11 is 0. The predicted molar refractivity (Wildman–Crippen MR) is 57.6 cm³/mol. The topological polar surface area (TPSA) is 48.5 Å². The van der Waals surface area contributed by atoms with Gasteiger partial charge in [-0.2, -0.15) is 0 Å². The van der Waals surface area contributed by atoms with Gasteiger partial charge in [-0.25, -0.2) is 4.99 Å². The second-order valence-electron chi connectivity index (χ2n) is 3.06. The molecule has 0 aliphatic carbocycles. The Morgan fingerprint density at radius 3 is 3.29 bits per heavy atom. The van der Waals surface area contributed by atoms with E-state index in [0.29, 0.717) is 5.82 Å². The van der Waals surface area contributed by atoms with Gasteiger partial charge in [0.1, 0.15) is 0 Å². The van der Waals surface area contributed by atoms with Crippen molar-refractivity contribution in [3.05, 3.63) is 35.1 Å². The predicted octanol–water partition coefficient (Wildman–Crippen LogP) is 1.08. The first kappa shape index (κ1) is 8.74. The SMILES string of the molecule is C=CCN1CC=Nc2[nH]c(=O)ccc21. The third-order valence-corrected chi connectivity index (χ3v) is 2.09. The Bertz CT molecular complexity index is 433. The first-order chi connectivity index (χ1) is 6.81. The molecule has 1 aliphatic rings. The number of hydrogen-bond acceptors (Lipinski definition) is 3. The Morgan fingerprint density at radius 2 is 2.50 bits per heavy atom. The fourth-order valence-corrected chi connectivity index (χ4v) is 1.47. The van der Waals surface area contributed by atoms with E-state index in [9.17, 15) is 4.79 Å². The van der Waals surface area contributed by atoms with Crippen molar-refractivity contribution in [1.82, 2.24) is 4.98 Å². The molecule has 0 atom stereocenters. The highest BCUT2D eigenvalue weighted by Gasteiger charge is 2.12. The Kier molecular flexibility index (Phi) is 2.18. The van der Waals surface area contributed by atoms with Crippen LogP contribution >= 0.6 is 0 Å². The first-order valence-electron chi connectivity index (χ1n) is 4.43. The Labute approximate surface area is 81.6 Å². The lowest BCUT2D eigenvalue weighted by atomic mass is 10.3. The van der Waals surface area contributed by atoms with Crippen molar-refractivity contribution in [2.24, 2.45) is 4.99 Å². The summed E-state index contributed by atoms with van der Waals surface area (Å²) in [7, 11) is 0. The molecule has 0 aromatic carbocycles. The summed E-state index contributed by atoms with van der Waals surface area (Å²) in [5.41, 5.74) is 0.827. The third kappa shape index (κ3) is 1.46. The average molecular weight is 189 g/mol. The van der Waals surface area contributed by atoms with Crippen LogP contribution in [0.3, 0.4) is 0 Å². The lowest BCUT2D eigenvalue weighted by Crippen LogP contribution is -2.28. The van der Waals surface area contributed by atoms with E-state index in [1.54, 1.807) is 12.3 Å². The largest absolute Gasteiger partial charge is 0.360 e. The van der Waals surface area contributed by atoms with Crippen LogP contribution in [0, 0.1) is 0 Å². The first-order valence-corrected chi connectivity index (χ1v) is 4.43. The molecule has 14 heavy (non-hydrogen) atoms. The number of aromatic nitrogens is 1. The summed E-state index contributed by atoms with van der Waals surface area (Å²) in [6.07, 6.45) is 3.61. The molecule has 0 amide bonds. The molecular formula is C10H11N3O. The number of pyridine rings is 1. The molecule has 2 heterocycles. The maximum atomic E-state index is 11.0. The van der Waals surface area contributed by atoms with Gasteiger partial charge in [0.2, 0.25) is 5.56 Å². The second kappa shape index (κ2) is 3.49. The van der Waals surface area contributed by atoms with Gasteiger partial charge >= 0.3 is 0 Å². The van der Waals surface area contributed by atoms with Gasteiger partial charge in [0.25, 0.3) is 0 Å². The van der Waals surface area contributed by atoms with Crippen LogP contribution in [0.2, 0.25) is 0 Å². The number of aliphatic imine (C=N–C) groups is 1. The van der Waals surface area contributed by atoms with Crippen molar-refractivity contribution in [3.63, 3.8) is 0 Å². The maximum absolute atomic E-state index is 11.0. The van der Waals surface area contributed by atoms with Gasteiger partial charge in [-0.05, 0) is 6.07 Å². The van der Waals surface area contributed by atoms with Crippen molar-refractivity contribution < 1.29 is 0 Å². The van der Waals surface area contributed by atoms with Crippen LogP contribution in [0.15, 0.2) is 34.6 Å². The van der Waals surface area contributed by atoms with E-state index in [0.717, 1.165) is 18.8 Å². The molecule has 1 aromatic rings. The van der Waals surface area contributed by atoms with Crippen LogP contribution in [-0.4, -0.2) is 24.3 Å². The summed E-state index contributed by atoms with van der Waals surface area (Å²) in [4.78, 5) is 19.9. The zero-order valence-electron chi connectivity index (χ0n) is 7.73. The van der Waals surface area contributed by atoms with E-state index in [1.807, 2.05) is 6.08 Å².